The molecule has 24 heavy (non-hydrogen) atoms. The number of amides is 2. The Hall–Kier alpha value is -2.34. The van der Waals surface area contributed by atoms with Crippen molar-refractivity contribution in [1.82, 2.24) is 15.1 Å². The summed E-state index contributed by atoms with van der Waals surface area (Å²) in [5.41, 5.74) is 2.01. The SMILES string of the molecule is O=C(NCCCc1ccccc1)Nc1cnn(C2CCOCC2)c1. The smallest absolute Gasteiger partial charge is 0.319 e. The number of carbonyl (C=O) groups is 1. The molecule has 1 fully saturated rings. The van der Waals surface area contributed by atoms with E-state index in [0.29, 0.717) is 12.6 Å². The van der Waals surface area contributed by atoms with Crippen molar-refractivity contribution < 1.29 is 9.53 Å². The van der Waals surface area contributed by atoms with Gasteiger partial charge in [0.1, 0.15) is 0 Å². The highest BCUT2D eigenvalue weighted by Crippen LogP contribution is 2.21. The molecule has 1 saturated heterocycles. The fraction of sp³-hybridized carbons (Fsp3) is 0.444. The molecule has 0 aliphatic carbocycles. The number of hydrogen-bond acceptors (Lipinski definition) is 3. The van der Waals surface area contributed by atoms with Gasteiger partial charge in [-0.1, -0.05) is 30.3 Å². The molecule has 0 radical (unpaired) electrons. The summed E-state index contributed by atoms with van der Waals surface area (Å²) in [6.07, 6.45) is 7.39. The molecule has 1 aliphatic heterocycles. The highest BCUT2D eigenvalue weighted by atomic mass is 16.5. The number of nitrogens with zero attached hydrogens (tertiary/aromatic N) is 2. The normalized spacial score (nSPS) is 15.2. The van der Waals surface area contributed by atoms with Gasteiger partial charge in [-0.15, -0.1) is 0 Å². The van der Waals surface area contributed by atoms with Gasteiger partial charge in [0.05, 0.1) is 17.9 Å². The molecule has 6 nitrogen and oxygen atoms in total. The Morgan fingerprint density at radius 1 is 1.25 bits per heavy atom. The average Bonchev–Trinajstić information content (AvgIpc) is 3.09. The van der Waals surface area contributed by atoms with Gasteiger partial charge in [0.15, 0.2) is 0 Å². The molecule has 128 valence electrons. The zero-order chi connectivity index (χ0) is 16.6. The summed E-state index contributed by atoms with van der Waals surface area (Å²) in [7, 11) is 0. The van der Waals surface area contributed by atoms with Gasteiger partial charge in [0.25, 0.3) is 0 Å². The first kappa shape index (κ1) is 16.5. The Balaban J connectivity index is 1.38. The number of aryl methyl sites for hydroxylation is 1. The minimum atomic E-state index is -0.186. The third-order valence-electron chi connectivity index (χ3n) is 4.19. The summed E-state index contributed by atoms with van der Waals surface area (Å²) in [5, 5.41) is 10.1. The second kappa shape index (κ2) is 8.49. The maximum absolute atomic E-state index is 11.9. The summed E-state index contributed by atoms with van der Waals surface area (Å²) in [6.45, 7) is 2.19. The first-order valence-corrected chi connectivity index (χ1v) is 8.52. The van der Waals surface area contributed by atoms with Crippen LogP contribution in [0.1, 0.15) is 30.9 Å². The topological polar surface area (TPSA) is 68.2 Å². The maximum Gasteiger partial charge on any atom is 0.319 e. The van der Waals surface area contributed by atoms with Crippen LogP contribution >= 0.6 is 0 Å². The van der Waals surface area contributed by atoms with Crippen LogP contribution in [0, 0.1) is 0 Å². The third-order valence-corrected chi connectivity index (χ3v) is 4.19. The highest BCUT2D eigenvalue weighted by Gasteiger charge is 2.16. The molecule has 2 amide bonds. The number of aromatic nitrogens is 2. The Kier molecular flexibility index (Phi) is 5.85. The van der Waals surface area contributed by atoms with Gasteiger partial charge in [-0.05, 0) is 31.2 Å². The Bertz CT molecular complexity index is 635. The lowest BCUT2D eigenvalue weighted by molar-refractivity contribution is 0.0662. The van der Waals surface area contributed by atoms with E-state index in [0.717, 1.165) is 44.6 Å². The van der Waals surface area contributed by atoms with Gasteiger partial charge in [-0.3, -0.25) is 4.68 Å². The molecule has 2 heterocycles. The number of carbonyl (C=O) groups excluding carboxylic acids is 1. The molecule has 0 saturated carbocycles. The molecule has 2 aromatic rings. The van der Waals surface area contributed by atoms with E-state index in [4.69, 9.17) is 4.74 Å². The third kappa shape index (κ3) is 4.83. The van der Waals surface area contributed by atoms with Crippen LogP contribution in [0.4, 0.5) is 10.5 Å². The van der Waals surface area contributed by atoms with E-state index in [2.05, 4.69) is 27.9 Å². The zero-order valence-electron chi connectivity index (χ0n) is 13.8. The van der Waals surface area contributed by atoms with Crippen molar-refractivity contribution in [2.45, 2.75) is 31.7 Å². The molecule has 1 aromatic carbocycles. The van der Waals surface area contributed by atoms with E-state index in [1.807, 2.05) is 29.1 Å². The summed E-state index contributed by atoms with van der Waals surface area (Å²) in [4.78, 5) is 11.9. The van der Waals surface area contributed by atoms with E-state index in [-0.39, 0.29) is 6.03 Å². The van der Waals surface area contributed by atoms with Crippen LogP contribution in [0.3, 0.4) is 0 Å². The fourth-order valence-corrected chi connectivity index (χ4v) is 2.87. The van der Waals surface area contributed by atoms with Crippen LogP contribution in [0.15, 0.2) is 42.7 Å². The van der Waals surface area contributed by atoms with Crippen LogP contribution in [-0.4, -0.2) is 35.6 Å². The largest absolute Gasteiger partial charge is 0.381 e. The van der Waals surface area contributed by atoms with Crippen molar-refractivity contribution in [3.05, 3.63) is 48.3 Å². The number of benzene rings is 1. The monoisotopic (exact) mass is 328 g/mol. The predicted octanol–water partition coefficient (Wildman–Crippen LogP) is 2.99. The number of hydrogen-bond donors (Lipinski definition) is 2. The summed E-state index contributed by atoms with van der Waals surface area (Å²) in [5.74, 6) is 0. The van der Waals surface area contributed by atoms with Crippen LogP contribution in [0.5, 0.6) is 0 Å². The van der Waals surface area contributed by atoms with Crippen molar-refractivity contribution in [2.75, 3.05) is 25.1 Å². The number of anilines is 1. The highest BCUT2D eigenvalue weighted by molar-refractivity contribution is 5.88. The van der Waals surface area contributed by atoms with Gasteiger partial charge < -0.3 is 15.4 Å². The van der Waals surface area contributed by atoms with Crippen molar-refractivity contribution in [1.29, 1.82) is 0 Å². The van der Waals surface area contributed by atoms with Crippen LogP contribution in [0.25, 0.3) is 0 Å². The van der Waals surface area contributed by atoms with Crippen LogP contribution in [0.2, 0.25) is 0 Å². The summed E-state index contributed by atoms with van der Waals surface area (Å²) >= 11 is 0. The lowest BCUT2D eigenvalue weighted by atomic mass is 10.1. The van der Waals surface area contributed by atoms with Crippen LogP contribution < -0.4 is 10.6 Å². The molecule has 1 aromatic heterocycles. The number of urea groups is 1. The molecule has 0 unspecified atom stereocenters. The molecular weight excluding hydrogens is 304 g/mol. The molecule has 0 atom stereocenters. The quantitative estimate of drug-likeness (QED) is 0.801. The molecule has 6 heteroatoms. The second-order valence-electron chi connectivity index (χ2n) is 6.02. The lowest BCUT2D eigenvalue weighted by Gasteiger charge is -2.22. The van der Waals surface area contributed by atoms with Gasteiger partial charge >= 0.3 is 6.03 Å². The second-order valence-corrected chi connectivity index (χ2v) is 6.02. The standard InChI is InChI=1S/C18H24N4O2/c23-18(19-10-4-7-15-5-2-1-3-6-15)21-16-13-20-22(14-16)17-8-11-24-12-9-17/h1-3,5-6,13-14,17H,4,7-12H2,(H2,19,21,23). The average molecular weight is 328 g/mol. The van der Waals surface area contributed by atoms with Gasteiger partial charge in [-0.25, -0.2) is 4.79 Å². The van der Waals surface area contributed by atoms with Gasteiger partial charge in [0, 0.05) is 26.0 Å². The van der Waals surface area contributed by atoms with E-state index in [9.17, 15) is 4.79 Å². The van der Waals surface area contributed by atoms with Crippen molar-refractivity contribution in [3.63, 3.8) is 0 Å². The van der Waals surface area contributed by atoms with E-state index < -0.39 is 0 Å². The first-order valence-electron chi connectivity index (χ1n) is 8.52. The molecular formula is C18H24N4O2. The molecule has 1 aliphatic rings. The predicted molar refractivity (Wildman–Crippen MR) is 93.1 cm³/mol. The summed E-state index contributed by atoms with van der Waals surface area (Å²) < 4.78 is 7.28. The van der Waals surface area contributed by atoms with Crippen molar-refractivity contribution in [2.24, 2.45) is 0 Å². The van der Waals surface area contributed by atoms with E-state index >= 15 is 0 Å². The van der Waals surface area contributed by atoms with Crippen LogP contribution in [-0.2, 0) is 11.2 Å². The fourth-order valence-electron chi connectivity index (χ4n) is 2.87. The van der Waals surface area contributed by atoms with Crippen molar-refractivity contribution in [3.8, 4) is 0 Å². The minimum Gasteiger partial charge on any atom is -0.381 e. The van der Waals surface area contributed by atoms with E-state index in [1.54, 1.807) is 6.20 Å². The number of nitrogens with one attached hydrogen (secondary N) is 2. The number of ether oxygens (including phenoxy) is 1. The Morgan fingerprint density at radius 2 is 2.04 bits per heavy atom. The lowest BCUT2D eigenvalue weighted by Crippen LogP contribution is -2.29. The molecule has 2 N–H and O–H groups in total. The molecule has 3 rings (SSSR count). The molecule has 0 bridgehead atoms. The first-order chi connectivity index (χ1) is 11.8. The minimum absolute atomic E-state index is 0.186. The zero-order valence-corrected chi connectivity index (χ0v) is 13.8. The van der Waals surface area contributed by atoms with Crippen molar-refractivity contribution >= 4 is 11.7 Å². The Labute approximate surface area is 142 Å². The molecule has 0 spiro atoms. The van der Waals surface area contributed by atoms with E-state index in [1.165, 1.54) is 5.56 Å². The van der Waals surface area contributed by atoms with Gasteiger partial charge in [0.2, 0.25) is 0 Å². The maximum atomic E-state index is 11.9. The Morgan fingerprint density at radius 3 is 2.83 bits per heavy atom. The van der Waals surface area contributed by atoms with Gasteiger partial charge in [-0.2, -0.15) is 5.10 Å². The summed E-state index contributed by atoms with van der Waals surface area (Å²) in [6, 6.07) is 10.5. The number of rotatable bonds is 6.